The van der Waals surface area contributed by atoms with Crippen LogP contribution in [0.5, 0.6) is 0 Å². The van der Waals surface area contributed by atoms with Gasteiger partial charge in [0.15, 0.2) is 0 Å². The Labute approximate surface area is 164 Å². The van der Waals surface area contributed by atoms with E-state index in [2.05, 4.69) is 53.3 Å². The number of rotatable bonds is 9. The van der Waals surface area contributed by atoms with E-state index in [1.165, 1.54) is 77.0 Å². The van der Waals surface area contributed by atoms with Crippen LogP contribution in [0.1, 0.15) is 112 Å². The van der Waals surface area contributed by atoms with Crippen LogP contribution in [0.15, 0.2) is 24.3 Å². The van der Waals surface area contributed by atoms with Crippen LogP contribution in [0.3, 0.4) is 0 Å². The molecule has 5 atom stereocenters. The summed E-state index contributed by atoms with van der Waals surface area (Å²) in [7, 11) is 0. The summed E-state index contributed by atoms with van der Waals surface area (Å²) in [4.78, 5) is 0. The van der Waals surface area contributed by atoms with Crippen LogP contribution in [0, 0.1) is 28.6 Å². The fourth-order valence-electron chi connectivity index (χ4n) is 6.39. The Morgan fingerprint density at radius 1 is 1.12 bits per heavy atom. The first kappa shape index (κ1) is 21.8. The van der Waals surface area contributed by atoms with Gasteiger partial charge in [-0.05, 0) is 92.8 Å². The van der Waals surface area contributed by atoms with Gasteiger partial charge in [-0.15, -0.1) is 6.58 Å². The molecular formula is C26H46. The smallest absolute Gasteiger partial charge is 0.00908 e. The molecule has 0 aromatic carbocycles. The largest absolute Gasteiger partial charge is 0.103 e. The monoisotopic (exact) mass is 358 g/mol. The molecule has 2 aliphatic carbocycles. The molecule has 0 nitrogen and oxygen atoms in total. The minimum Gasteiger partial charge on any atom is -0.103 e. The summed E-state index contributed by atoms with van der Waals surface area (Å²) in [5.74, 6) is 2.61. The first-order valence-corrected chi connectivity index (χ1v) is 11.7. The van der Waals surface area contributed by atoms with Crippen molar-refractivity contribution in [2.75, 3.05) is 0 Å². The number of hydrogen-bond acceptors (Lipinski definition) is 0. The van der Waals surface area contributed by atoms with Crippen molar-refractivity contribution >= 4 is 0 Å². The van der Waals surface area contributed by atoms with E-state index < -0.39 is 0 Å². The quantitative estimate of drug-likeness (QED) is 0.361. The fraction of sp³-hybridized carbons (Fsp3) is 0.846. The molecule has 2 saturated carbocycles. The van der Waals surface area contributed by atoms with Crippen molar-refractivity contribution in [3.05, 3.63) is 24.3 Å². The molecule has 0 bridgehead atoms. The van der Waals surface area contributed by atoms with Crippen LogP contribution in [0.25, 0.3) is 0 Å². The second-order valence-corrected chi connectivity index (χ2v) is 10.2. The molecule has 0 radical (unpaired) electrons. The van der Waals surface area contributed by atoms with Crippen molar-refractivity contribution in [1.82, 2.24) is 0 Å². The highest BCUT2D eigenvalue weighted by molar-refractivity contribution is 5.17. The zero-order chi connectivity index (χ0) is 19.2. The first-order valence-electron chi connectivity index (χ1n) is 11.7. The predicted molar refractivity (Wildman–Crippen MR) is 117 cm³/mol. The highest BCUT2D eigenvalue weighted by Crippen LogP contribution is 2.54. The van der Waals surface area contributed by atoms with Crippen molar-refractivity contribution in [3.8, 4) is 0 Å². The third-order valence-electron chi connectivity index (χ3n) is 8.48. The summed E-state index contributed by atoms with van der Waals surface area (Å²) in [6.45, 7) is 16.5. The van der Waals surface area contributed by atoms with E-state index in [1.54, 1.807) is 5.57 Å². The van der Waals surface area contributed by atoms with Gasteiger partial charge >= 0.3 is 0 Å². The van der Waals surface area contributed by atoms with Gasteiger partial charge in [0.2, 0.25) is 0 Å². The van der Waals surface area contributed by atoms with Gasteiger partial charge < -0.3 is 0 Å². The summed E-state index contributed by atoms with van der Waals surface area (Å²) in [6, 6.07) is 0. The maximum atomic E-state index is 3.93. The van der Waals surface area contributed by atoms with Crippen molar-refractivity contribution < 1.29 is 0 Å². The highest BCUT2D eigenvalue weighted by Gasteiger charge is 2.43. The molecule has 0 aromatic rings. The molecule has 0 N–H and O–H groups in total. The third-order valence-corrected chi connectivity index (χ3v) is 8.48. The minimum absolute atomic E-state index is 0.465. The Hall–Kier alpha value is -0.520. The maximum Gasteiger partial charge on any atom is -0.00908 e. The third kappa shape index (κ3) is 4.85. The molecule has 0 saturated heterocycles. The second kappa shape index (κ2) is 9.61. The lowest BCUT2D eigenvalue weighted by Gasteiger charge is -2.44. The van der Waals surface area contributed by atoms with E-state index in [0.29, 0.717) is 10.8 Å². The Balaban J connectivity index is 2.01. The van der Waals surface area contributed by atoms with Gasteiger partial charge in [-0.1, -0.05) is 65.2 Å². The van der Waals surface area contributed by atoms with Gasteiger partial charge in [-0.3, -0.25) is 0 Å². The van der Waals surface area contributed by atoms with Gasteiger partial charge in [0.25, 0.3) is 0 Å². The molecule has 0 spiro atoms. The molecule has 0 aromatic heterocycles. The summed E-state index contributed by atoms with van der Waals surface area (Å²) in [6.07, 6.45) is 21.2. The lowest BCUT2D eigenvalue weighted by molar-refractivity contribution is 0.112. The Morgan fingerprint density at radius 3 is 2.58 bits per heavy atom. The van der Waals surface area contributed by atoms with Crippen LogP contribution >= 0.6 is 0 Å². The van der Waals surface area contributed by atoms with Gasteiger partial charge in [-0.2, -0.15) is 0 Å². The average Bonchev–Trinajstić information content (AvgIpc) is 3.02. The van der Waals surface area contributed by atoms with Gasteiger partial charge in [-0.25, -0.2) is 0 Å². The zero-order valence-electron chi connectivity index (χ0n) is 18.6. The molecule has 2 fully saturated rings. The summed E-state index contributed by atoms with van der Waals surface area (Å²) >= 11 is 0. The summed E-state index contributed by atoms with van der Waals surface area (Å²) in [5.41, 5.74) is 2.83. The molecule has 0 heteroatoms. The van der Waals surface area contributed by atoms with Crippen molar-refractivity contribution in [3.63, 3.8) is 0 Å². The molecule has 26 heavy (non-hydrogen) atoms. The average molecular weight is 359 g/mol. The van der Waals surface area contributed by atoms with Crippen LogP contribution in [-0.4, -0.2) is 0 Å². The van der Waals surface area contributed by atoms with Crippen LogP contribution in [0.4, 0.5) is 0 Å². The van der Waals surface area contributed by atoms with Crippen LogP contribution < -0.4 is 0 Å². The van der Waals surface area contributed by atoms with Gasteiger partial charge in [0, 0.05) is 0 Å². The topological polar surface area (TPSA) is 0 Å². The van der Waals surface area contributed by atoms with E-state index in [-0.39, 0.29) is 0 Å². The predicted octanol–water partition coefficient (Wildman–Crippen LogP) is 8.73. The van der Waals surface area contributed by atoms with Gasteiger partial charge in [0.1, 0.15) is 0 Å². The van der Waals surface area contributed by atoms with Gasteiger partial charge in [0.05, 0.1) is 0 Å². The van der Waals surface area contributed by atoms with E-state index in [9.17, 15) is 0 Å². The van der Waals surface area contributed by atoms with Crippen LogP contribution in [0.2, 0.25) is 0 Å². The van der Waals surface area contributed by atoms with Crippen molar-refractivity contribution in [2.24, 2.45) is 28.6 Å². The van der Waals surface area contributed by atoms with E-state index >= 15 is 0 Å². The zero-order valence-corrected chi connectivity index (χ0v) is 18.6. The number of hydrogen-bond donors (Lipinski definition) is 0. The van der Waals surface area contributed by atoms with Crippen molar-refractivity contribution in [2.45, 2.75) is 112 Å². The molecule has 5 unspecified atom stereocenters. The summed E-state index contributed by atoms with van der Waals surface area (Å²) < 4.78 is 0. The second-order valence-electron chi connectivity index (χ2n) is 10.2. The number of allylic oxidation sites excluding steroid dienone is 3. The highest BCUT2D eigenvalue weighted by atomic mass is 14.5. The minimum atomic E-state index is 0.465. The Kier molecular flexibility index (Phi) is 8.05. The Morgan fingerprint density at radius 2 is 1.88 bits per heavy atom. The lowest BCUT2D eigenvalue weighted by Crippen LogP contribution is -2.33. The standard InChI is InChI=1S/C26H46/c1-7-9-14-21(3)24-16-12-18-25(24,5)20-17-22(4)26(6)19-11-10-15-23(26)13-8-2/h7,13,21-22,24H,1,8-12,14-20H2,2-6H3/b23-13-. The molecule has 0 heterocycles. The molecule has 2 rings (SSSR count). The van der Waals surface area contributed by atoms with Crippen molar-refractivity contribution in [1.29, 1.82) is 0 Å². The summed E-state index contributed by atoms with van der Waals surface area (Å²) in [5, 5.41) is 0. The normalized spacial score (nSPS) is 36.2. The lowest BCUT2D eigenvalue weighted by atomic mass is 9.61. The van der Waals surface area contributed by atoms with E-state index in [4.69, 9.17) is 0 Å². The van der Waals surface area contributed by atoms with E-state index in [1.807, 2.05) is 0 Å². The SMILES string of the molecule is C=CCCC(C)C1CCCC1(C)CCC(C)C1(C)CCCC/C1=C/CC. The van der Waals surface area contributed by atoms with Crippen LogP contribution in [-0.2, 0) is 0 Å². The molecular weight excluding hydrogens is 312 g/mol. The molecule has 2 aliphatic rings. The molecule has 0 amide bonds. The van der Waals surface area contributed by atoms with E-state index in [0.717, 1.165) is 17.8 Å². The molecule has 0 aliphatic heterocycles. The maximum absolute atomic E-state index is 3.93. The fourth-order valence-corrected chi connectivity index (χ4v) is 6.39. The molecule has 150 valence electrons. The Bertz CT molecular complexity index is 472. The first-order chi connectivity index (χ1) is 12.4.